The van der Waals surface area contributed by atoms with Crippen LogP contribution in [0.25, 0.3) is 0 Å². The van der Waals surface area contributed by atoms with Crippen LogP contribution in [0.4, 0.5) is 0 Å². The van der Waals surface area contributed by atoms with Gasteiger partial charge in [0.15, 0.2) is 0 Å². The van der Waals surface area contributed by atoms with Gasteiger partial charge in [-0.3, -0.25) is 0 Å². The van der Waals surface area contributed by atoms with Gasteiger partial charge >= 0.3 is 0 Å². The molecular formula is C8H12Cl2NP. The van der Waals surface area contributed by atoms with Gasteiger partial charge in [-0.2, -0.15) is 0 Å². The molecule has 1 aromatic carbocycles. The normalized spacial score (nSPS) is 11.3. The molecule has 0 fully saturated rings. The molecule has 0 spiro atoms. The summed E-state index contributed by atoms with van der Waals surface area (Å²) in [6.07, 6.45) is 0. The Balaban J connectivity index is 0.000000354. The van der Waals surface area contributed by atoms with Crippen LogP contribution in [-0.2, 0) is 0 Å². The molecule has 1 rings (SSSR count). The van der Waals surface area contributed by atoms with Crippen LogP contribution in [0.3, 0.4) is 0 Å². The third kappa shape index (κ3) is 5.79. The van der Waals surface area contributed by atoms with E-state index in [0.29, 0.717) is 5.66 Å². The molecule has 1 nitrogen and oxygen atoms in total. The van der Waals surface area contributed by atoms with Crippen molar-refractivity contribution in [3.05, 3.63) is 35.9 Å². The van der Waals surface area contributed by atoms with E-state index in [4.69, 9.17) is 0 Å². The average Bonchev–Trinajstić information content (AvgIpc) is 2.07. The Hall–Kier alpha value is 0.190. The lowest BCUT2D eigenvalue weighted by molar-refractivity contribution is 1.10. The smallest absolute Gasteiger partial charge is 0.00428 e. The monoisotopic (exact) mass is 223 g/mol. The van der Waals surface area contributed by atoms with Gasteiger partial charge in [0.25, 0.3) is 0 Å². The third-order valence-corrected chi connectivity index (χ3v) is 1.71. The first-order valence-corrected chi connectivity index (χ1v) is 4.91. The van der Waals surface area contributed by atoms with Crippen molar-refractivity contribution in [1.29, 1.82) is 0 Å². The molecule has 2 unspecified atom stereocenters. The molecule has 0 heterocycles. The van der Waals surface area contributed by atoms with Crippen molar-refractivity contribution in [1.82, 2.24) is 4.35 Å². The van der Waals surface area contributed by atoms with E-state index in [1.54, 1.807) is 4.35 Å². The summed E-state index contributed by atoms with van der Waals surface area (Å²) in [5.74, 6) is 0. The molecule has 12 heavy (non-hydrogen) atoms. The molecule has 1 aromatic rings. The van der Waals surface area contributed by atoms with E-state index >= 15 is 0 Å². The topological polar surface area (TPSA) is 12.0 Å². The van der Waals surface area contributed by atoms with Crippen molar-refractivity contribution >= 4 is 32.8 Å². The standard InChI is InChI=1S/C8H11P.Cl2HN/c1-7(9)8-5-3-2-4-6-8;1-3-2/h2-7H,9H2,1H3;3H. The van der Waals surface area contributed by atoms with Crippen LogP contribution >= 0.6 is 32.8 Å². The average molecular weight is 224 g/mol. The number of rotatable bonds is 1. The van der Waals surface area contributed by atoms with Gasteiger partial charge in [-0.05, 0) is 34.8 Å². The van der Waals surface area contributed by atoms with Gasteiger partial charge in [-0.25, -0.2) is 0 Å². The number of hydrogen-bond donors (Lipinski definition) is 1. The summed E-state index contributed by atoms with van der Waals surface area (Å²) in [4.78, 5) is 0. The highest BCUT2D eigenvalue weighted by atomic mass is 35.5. The lowest BCUT2D eigenvalue weighted by atomic mass is 10.2. The maximum absolute atomic E-state index is 4.51. The van der Waals surface area contributed by atoms with E-state index in [2.05, 4.69) is 64.0 Å². The molecule has 68 valence electrons. The van der Waals surface area contributed by atoms with Crippen LogP contribution in [0.5, 0.6) is 0 Å². The Morgan fingerprint density at radius 2 is 1.67 bits per heavy atom. The van der Waals surface area contributed by atoms with Crippen LogP contribution in [-0.4, -0.2) is 0 Å². The van der Waals surface area contributed by atoms with Crippen LogP contribution < -0.4 is 4.35 Å². The summed E-state index contributed by atoms with van der Waals surface area (Å²) in [5, 5.41) is 0. The molecule has 0 saturated heterocycles. The fraction of sp³-hybridized carbons (Fsp3) is 0.250. The molecule has 0 amide bonds. The van der Waals surface area contributed by atoms with E-state index in [-0.39, 0.29) is 0 Å². The summed E-state index contributed by atoms with van der Waals surface area (Å²) < 4.78 is 1.69. The molecule has 0 aliphatic heterocycles. The quantitative estimate of drug-likeness (QED) is 0.568. The van der Waals surface area contributed by atoms with Crippen molar-refractivity contribution in [2.75, 3.05) is 0 Å². The minimum absolute atomic E-state index is 0.575. The second-order valence-corrected chi connectivity index (χ2v) is 3.84. The van der Waals surface area contributed by atoms with Crippen molar-refractivity contribution < 1.29 is 0 Å². The number of hydrogen-bond acceptors (Lipinski definition) is 1. The van der Waals surface area contributed by atoms with Gasteiger partial charge in [0.2, 0.25) is 0 Å². The minimum atomic E-state index is 0.575. The molecule has 0 bridgehead atoms. The first-order chi connectivity index (χ1) is 5.72. The molecule has 4 heteroatoms. The van der Waals surface area contributed by atoms with Gasteiger partial charge in [-0.1, -0.05) is 37.3 Å². The van der Waals surface area contributed by atoms with Crippen molar-refractivity contribution in [2.24, 2.45) is 0 Å². The Morgan fingerprint density at radius 1 is 1.25 bits per heavy atom. The number of benzene rings is 1. The van der Waals surface area contributed by atoms with Gasteiger partial charge in [0.1, 0.15) is 0 Å². The first kappa shape index (κ1) is 12.2. The van der Waals surface area contributed by atoms with Crippen LogP contribution in [0.2, 0.25) is 0 Å². The van der Waals surface area contributed by atoms with Gasteiger partial charge in [0.05, 0.1) is 0 Å². The zero-order valence-electron chi connectivity index (χ0n) is 6.80. The zero-order valence-corrected chi connectivity index (χ0v) is 9.46. The lowest BCUT2D eigenvalue weighted by Crippen LogP contribution is -1.79. The molecular weight excluding hydrogens is 212 g/mol. The van der Waals surface area contributed by atoms with E-state index in [1.807, 2.05) is 6.07 Å². The highest BCUT2D eigenvalue weighted by Crippen LogP contribution is 2.20. The molecule has 0 radical (unpaired) electrons. The Labute approximate surface area is 85.9 Å². The lowest BCUT2D eigenvalue weighted by Gasteiger charge is -2.01. The number of nitrogens with one attached hydrogen (secondary N) is 1. The van der Waals surface area contributed by atoms with Crippen molar-refractivity contribution in [2.45, 2.75) is 12.6 Å². The maximum atomic E-state index is 4.51. The van der Waals surface area contributed by atoms with E-state index < -0.39 is 0 Å². The Bertz CT molecular complexity index is 192. The SMILES string of the molecule is CC(P)c1ccccc1.ClNCl. The second kappa shape index (κ2) is 7.82. The van der Waals surface area contributed by atoms with E-state index in [1.165, 1.54) is 5.56 Å². The van der Waals surface area contributed by atoms with Gasteiger partial charge < -0.3 is 0 Å². The van der Waals surface area contributed by atoms with Crippen LogP contribution in [0.1, 0.15) is 18.1 Å². The van der Waals surface area contributed by atoms with Gasteiger partial charge in [0, 0.05) is 0 Å². The summed E-state index contributed by atoms with van der Waals surface area (Å²) in [6, 6.07) is 10.4. The fourth-order valence-corrected chi connectivity index (χ4v) is 0.979. The molecule has 2 atom stereocenters. The van der Waals surface area contributed by atoms with Crippen LogP contribution in [0, 0.1) is 0 Å². The minimum Gasteiger partial charge on any atom is -0.145 e. The molecule has 0 aromatic heterocycles. The Morgan fingerprint density at radius 3 is 1.92 bits per heavy atom. The largest absolute Gasteiger partial charge is 0.145 e. The predicted octanol–water partition coefficient (Wildman–Crippen LogP) is 3.51. The highest BCUT2D eigenvalue weighted by Gasteiger charge is 1.93. The molecule has 0 aliphatic carbocycles. The maximum Gasteiger partial charge on any atom is -0.00428 e. The summed E-state index contributed by atoms with van der Waals surface area (Å²) in [7, 11) is 2.77. The van der Waals surface area contributed by atoms with Crippen molar-refractivity contribution in [3.8, 4) is 0 Å². The Kier molecular flexibility index (Phi) is 7.94. The predicted molar refractivity (Wildman–Crippen MR) is 59.4 cm³/mol. The highest BCUT2D eigenvalue weighted by molar-refractivity contribution is 7.17. The summed E-state index contributed by atoms with van der Waals surface area (Å²) in [5.41, 5.74) is 1.95. The summed E-state index contributed by atoms with van der Waals surface area (Å²) in [6.45, 7) is 2.17. The van der Waals surface area contributed by atoms with Gasteiger partial charge in [-0.15, -0.1) is 13.6 Å². The third-order valence-electron chi connectivity index (χ3n) is 1.33. The molecule has 1 N–H and O–H groups in total. The first-order valence-electron chi connectivity index (χ1n) is 3.49. The molecule has 0 aliphatic rings. The van der Waals surface area contributed by atoms with E-state index in [9.17, 15) is 0 Å². The fourth-order valence-electron chi connectivity index (χ4n) is 0.757. The van der Waals surface area contributed by atoms with Crippen molar-refractivity contribution in [3.63, 3.8) is 0 Å². The van der Waals surface area contributed by atoms with E-state index in [0.717, 1.165) is 0 Å². The summed E-state index contributed by atoms with van der Waals surface area (Å²) >= 11 is 9.03. The number of halogens is 2. The molecule has 0 saturated carbocycles. The zero-order chi connectivity index (χ0) is 9.40. The van der Waals surface area contributed by atoms with Crippen LogP contribution in [0.15, 0.2) is 30.3 Å². The second-order valence-electron chi connectivity index (χ2n) is 2.27.